The number of nitrogens with zero attached hydrogens (tertiary/aromatic N) is 2. The van der Waals surface area contributed by atoms with Crippen molar-refractivity contribution >= 4 is 23.2 Å². The fraction of sp³-hybridized carbons (Fsp3) is 0.579. The van der Waals surface area contributed by atoms with Gasteiger partial charge in [-0.15, -0.1) is 0 Å². The molecule has 0 radical (unpaired) electrons. The van der Waals surface area contributed by atoms with Crippen LogP contribution < -0.4 is 15.1 Å². The second-order valence-corrected chi connectivity index (χ2v) is 6.33. The standard InChI is InChI=1S/C19H29N3O2/c1-3-4-7-19(24)20-12-15-22(16(2)23)18-10-8-17(9-11-18)21-13-5-6-14-21/h8-11H,3-7,12-15H2,1-2H3,(H,20,24). The van der Waals surface area contributed by atoms with E-state index in [1.807, 2.05) is 12.1 Å². The van der Waals surface area contributed by atoms with Crippen LogP contribution in [0, 0.1) is 0 Å². The van der Waals surface area contributed by atoms with E-state index in [0.717, 1.165) is 31.6 Å². The van der Waals surface area contributed by atoms with Crippen molar-refractivity contribution in [3.05, 3.63) is 24.3 Å². The molecule has 0 atom stereocenters. The highest BCUT2D eigenvalue weighted by atomic mass is 16.2. The lowest BCUT2D eigenvalue weighted by molar-refractivity contribution is -0.121. The van der Waals surface area contributed by atoms with Crippen LogP contribution in [-0.4, -0.2) is 38.0 Å². The third-order valence-corrected chi connectivity index (χ3v) is 4.43. The Labute approximate surface area is 145 Å². The van der Waals surface area contributed by atoms with Gasteiger partial charge in [0.1, 0.15) is 0 Å². The van der Waals surface area contributed by atoms with Crippen LogP contribution in [0.1, 0.15) is 46.0 Å². The molecule has 0 unspecified atom stereocenters. The topological polar surface area (TPSA) is 52.7 Å². The minimum atomic E-state index is -0.00766. The molecule has 5 nitrogen and oxygen atoms in total. The number of nitrogens with one attached hydrogen (secondary N) is 1. The molecule has 132 valence electrons. The third-order valence-electron chi connectivity index (χ3n) is 4.43. The van der Waals surface area contributed by atoms with E-state index in [1.54, 1.807) is 11.8 Å². The molecule has 0 spiro atoms. The molecule has 0 bridgehead atoms. The highest BCUT2D eigenvalue weighted by Crippen LogP contribution is 2.23. The van der Waals surface area contributed by atoms with Gasteiger partial charge in [-0.05, 0) is 43.5 Å². The predicted octanol–water partition coefficient (Wildman–Crippen LogP) is 2.95. The molecule has 1 aliphatic heterocycles. The number of carbonyl (C=O) groups excluding carboxylic acids is 2. The minimum Gasteiger partial charge on any atom is -0.372 e. The number of anilines is 2. The number of hydrogen-bond donors (Lipinski definition) is 1. The Hall–Kier alpha value is -2.04. The van der Waals surface area contributed by atoms with Crippen LogP contribution >= 0.6 is 0 Å². The molecule has 0 aromatic heterocycles. The fourth-order valence-electron chi connectivity index (χ4n) is 3.02. The second-order valence-electron chi connectivity index (χ2n) is 6.33. The number of rotatable bonds is 8. The summed E-state index contributed by atoms with van der Waals surface area (Å²) in [7, 11) is 0. The first-order chi connectivity index (χ1) is 11.6. The molecule has 5 heteroatoms. The summed E-state index contributed by atoms with van der Waals surface area (Å²) >= 11 is 0. The van der Waals surface area contributed by atoms with Gasteiger partial charge in [-0.2, -0.15) is 0 Å². The van der Waals surface area contributed by atoms with Crippen molar-refractivity contribution in [3.8, 4) is 0 Å². The maximum Gasteiger partial charge on any atom is 0.223 e. The van der Waals surface area contributed by atoms with Gasteiger partial charge in [-0.25, -0.2) is 0 Å². The van der Waals surface area contributed by atoms with E-state index < -0.39 is 0 Å². The van der Waals surface area contributed by atoms with Crippen molar-refractivity contribution in [1.29, 1.82) is 0 Å². The monoisotopic (exact) mass is 331 g/mol. The SMILES string of the molecule is CCCCC(=O)NCCN(C(C)=O)c1ccc(N2CCCC2)cc1. The van der Waals surface area contributed by atoms with Crippen molar-refractivity contribution in [1.82, 2.24) is 5.32 Å². The summed E-state index contributed by atoms with van der Waals surface area (Å²) in [5.41, 5.74) is 2.10. The molecule has 1 saturated heterocycles. The van der Waals surface area contributed by atoms with Gasteiger partial charge in [0, 0.05) is 50.9 Å². The van der Waals surface area contributed by atoms with Crippen LogP contribution in [0.15, 0.2) is 24.3 Å². The van der Waals surface area contributed by atoms with Gasteiger partial charge in [0.05, 0.1) is 0 Å². The minimum absolute atomic E-state index is 0.00766. The largest absolute Gasteiger partial charge is 0.372 e. The van der Waals surface area contributed by atoms with Crippen molar-refractivity contribution in [3.63, 3.8) is 0 Å². The molecule has 1 aliphatic rings. The molecule has 1 heterocycles. The summed E-state index contributed by atoms with van der Waals surface area (Å²) < 4.78 is 0. The Balaban J connectivity index is 1.89. The number of carbonyl (C=O) groups is 2. The molecule has 2 amide bonds. The number of hydrogen-bond acceptors (Lipinski definition) is 3. The molecule has 1 aromatic rings. The molecule has 1 aromatic carbocycles. The second kappa shape index (κ2) is 9.30. The van der Waals surface area contributed by atoms with Gasteiger partial charge >= 0.3 is 0 Å². The van der Waals surface area contributed by atoms with Gasteiger partial charge in [0.15, 0.2) is 0 Å². The van der Waals surface area contributed by atoms with Gasteiger partial charge in [-0.3, -0.25) is 9.59 Å². The van der Waals surface area contributed by atoms with Crippen LogP contribution in [0.5, 0.6) is 0 Å². The fourth-order valence-corrected chi connectivity index (χ4v) is 3.02. The first kappa shape index (κ1) is 18.3. The zero-order valence-corrected chi connectivity index (χ0v) is 14.9. The predicted molar refractivity (Wildman–Crippen MR) is 98.5 cm³/mol. The van der Waals surface area contributed by atoms with Gasteiger partial charge in [0.25, 0.3) is 0 Å². The normalized spacial score (nSPS) is 13.8. The lowest BCUT2D eigenvalue weighted by atomic mass is 10.2. The van der Waals surface area contributed by atoms with E-state index in [-0.39, 0.29) is 11.8 Å². The lowest BCUT2D eigenvalue weighted by Gasteiger charge is -2.23. The summed E-state index contributed by atoms with van der Waals surface area (Å²) in [4.78, 5) is 27.7. The Morgan fingerprint density at radius 1 is 1.17 bits per heavy atom. The van der Waals surface area contributed by atoms with Gasteiger partial charge < -0.3 is 15.1 Å². The maximum atomic E-state index is 11.9. The van der Waals surface area contributed by atoms with Crippen LogP contribution in [-0.2, 0) is 9.59 Å². The van der Waals surface area contributed by atoms with E-state index in [9.17, 15) is 9.59 Å². The average Bonchev–Trinajstić information content (AvgIpc) is 3.11. The first-order valence-electron chi connectivity index (χ1n) is 9.01. The Morgan fingerprint density at radius 3 is 2.42 bits per heavy atom. The molecule has 24 heavy (non-hydrogen) atoms. The third kappa shape index (κ3) is 5.25. The first-order valence-corrected chi connectivity index (χ1v) is 9.01. The number of amides is 2. The summed E-state index contributed by atoms with van der Waals surface area (Å²) in [6, 6.07) is 8.15. The Bertz CT molecular complexity index is 536. The van der Waals surface area contributed by atoms with Crippen molar-refractivity contribution in [2.24, 2.45) is 0 Å². The molecule has 0 saturated carbocycles. The molecular weight excluding hydrogens is 302 g/mol. The summed E-state index contributed by atoms with van der Waals surface area (Å²) in [5.74, 6) is 0.0523. The molecule has 2 rings (SSSR count). The van der Waals surface area contributed by atoms with Crippen molar-refractivity contribution in [2.45, 2.75) is 46.0 Å². The van der Waals surface area contributed by atoms with E-state index in [4.69, 9.17) is 0 Å². The zero-order valence-electron chi connectivity index (χ0n) is 14.9. The Kier molecular flexibility index (Phi) is 7.09. The smallest absolute Gasteiger partial charge is 0.223 e. The van der Waals surface area contributed by atoms with E-state index in [0.29, 0.717) is 19.5 Å². The van der Waals surface area contributed by atoms with Crippen LogP contribution in [0.3, 0.4) is 0 Å². The van der Waals surface area contributed by atoms with Crippen LogP contribution in [0.4, 0.5) is 11.4 Å². The van der Waals surface area contributed by atoms with E-state index in [2.05, 4.69) is 29.3 Å². The van der Waals surface area contributed by atoms with E-state index in [1.165, 1.54) is 18.5 Å². The highest BCUT2D eigenvalue weighted by molar-refractivity contribution is 5.91. The van der Waals surface area contributed by atoms with Crippen LogP contribution in [0.25, 0.3) is 0 Å². The molecule has 1 N–H and O–H groups in total. The highest BCUT2D eigenvalue weighted by Gasteiger charge is 2.15. The molecule has 0 aliphatic carbocycles. The summed E-state index contributed by atoms with van der Waals surface area (Å²) in [6.07, 6.45) is 4.97. The summed E-state index contributed by atoms with van der Waals surface area (Å²) in [6.45, 7) is 6.83. The quantitative estimate of drug-likeness (QED) is 0.797. The van der Waals surface area contributed by atoms with Crippen molar-refractivity contribution in [2.75, 3.05) is 36.0 Å². The number of benzene rings is 1. The van der Waals surface area contributed by atoms with Crippen molar-refractivity contribution < 1.29 is 9.59 Å². The van der Waals surface area contributed by atoms with Gasteiger partial charge in [0.2, 0.25) is 11.8 Å². The zero-order chi connectivity index (χ0) is 17.4. The van der Waals surface area contributed by atoms with Gasteiger partial charge in [-0.1, -0.05) is 13.3 Å². The lowest BCUT2D eigenvalue weighted by Crippen LogP contribution is -2.37. The van der Waals surface area contributed by atoms with Crippen LogP contribution in [0.2, 0.25) is 0 Å². The molecule has 1 fully saturated rings. The average molecular weight is 331 g/mol. The Morgan fingerprint density at radius 2 is 1.83 bits per heavy atom. The molecular formula is C19H29N3O2. The van der Waals surface area contributed by atoms with E-state index >= 15 is 0 Å². The number of unbranched alkanes of at least 4 members (excludes halogenated alkanes) is 1. The maximum absolute atomic E-state index is 11.9. The summed E-state index contributed by atoms with van der Waals surface area (Å²) in [5, 5.41) is 2.89.